The van der Waals surface area contributed by atoms with Gasteiger partial charge in [0.15, 0.2) is 0 Å². The first-order valence-corrected chi connectivity index (χ1v) is 12.9. The second-order valence-electron chi connectivity index (χ2n) is 8.12. The SMILES string of the molecule is CC(C)(C)C(NC(=O)CN1CCN(S(=O)(=O)c2ccc(Cl)s2)CC1)c1cccs1. The second kappa shape index (κ2) is 9.03. The Morgan fingerprint density at radius 2 is 1.90 bits per heavy atom. The number of thiophene rings is 2. The lowest BCUT2D eigenvalue weighted by Crippen LogP contribution is -2.51. The molecule has 0 saturated carbocycles. The second-order valence-corrected chi connectivity index (χ2v) is 13.0. The van der Waals surface area contributed by atoms with E-state index in [1.54, 1.807) is 23.5 Å². The van der Waals surface area contributed by atoms with Crippen molar-refractivity contribution < 1.29 is 13.2 Å². The lowest BCUT2D eigenvalue weighted by molar-refractivity contribution is -0.124. The van der Waals surface area contributed by atoms with Crippen molar-refractivity contribution in [1.29, 1.82) is 0 Å². The van der Waals surface area contributed by atoms with Gasteiger partial charge in [-0.25, -0.2) is 8.42 Å². The molecule has 0 aliphatic carbocycles. The number of piperazine rings is 1. The van der Waals surface area contributed by atoms with Gasteiger partial charge in [-0.3, -0.25) is 9.69 Å². The summed E-state index contributed by atoms with van der Waals surface area (Å²) in [5.74, 6) is -0.0420. The molecule has 1 unspecified atom stereocenters. The zero-order valence-corrected chi connectivity index (χ0v) is 19.9. The highest BCUT2D eigenvalue weighted by atomic mass is 35.5. The van der Waals surface area contributed by atoms with Gasteiger partial charge in [0, 0.05) is 31.1 Å². The summed E-state index contributed by atoms with van der Waals surface area (Å²) in [6, 6.07) is 7.12. The highest BCUT2D eigenvalue weighted by molar-refractivity contribution is 7.91. The summed E-state index contributed by atoms with van der Waals surface area (Å²) in [4.78, 5) is 15.8. The number of carbonyl (C=O) groups excluding carboxylic acids is 1. The Balaban J connectivity index is 1.56. The highest BCUT2D eigenvalue weighted by Gasteiger charge is 2.32. The van der Waals surface area contributed by atoms with Crippen LogP contribution in [0.25, 0.3) is 0 Å². The van der Waals surface area contributed by atoms with Gasteiger partial charge in [-0.2, -0.15) is 4.31 Å². The van der Waals surface area contributed by atoms with Crippen LogP contribution in [0, 0.1) is 5.41 Å². The lowest BCUT2D eigenvalue weighted by Gasteiger charge is -2.35. The Kier molecular flexibility index (Phi) is 7.07. The predicted molar refractivity (Wildman–Crippen MR) is 119 cm³/mol. The van der Waals surface area contributed by atoms with Gasteiger partial charge in [-0.15, -0.1) is 22.7 Å². The van der Waals surface area contributed by atoms with Gasteiger partial charge in [0.05, 0.1) is 16.9 Å². The zero-order valence-electron chi connectivity index (χ0n) is 16.7. The summed E-state index contributed by atoms with van der Waals surface area (Å²) < 4.78 is 27.6. The van der Waals surface area contributed by atoms with Gasteiger partial charge in [0.25, 0.3) is 10.0 Å². The molecule has 3 rings (SSSR count). The zero-order chi connectivity index (χ0) is 21.2. The monoisotopic (exact) mass is 475 g/mol. The number of sulfonamides is 1. The number of nitrogens with one attached hydrogen (secondary N) is 1. The molecule has 1 atom stereocenters. The third-order valence-corrected chi connectivity index (χ3v) is 9.37. The molecule has 0 aromatic carbocycles. The number of amides is 1. The van der Waals surface area contributed by atoms with Crippen LogP contribution >= 0.6 is 34.3 Å². The molecule has 2 aromatic rings. The Bertz CT molecular complexity index is 928. The van der Waals surface area contributed by atoms with E-state index in [1.807, 2.05) is 22.4 Å². The fraction of sp³-hybridized carbons (Fsp3) is 0.526. The number of nitrogens with zero attached hydrogens (tertiary/aromatic N) is 2. The highest BCUT2D eigenvalue weighted by Crippen LogP contribution is 2.35. The number of rotatable bonds is 6. The molecule has 1 N–H and O–H groups in total. The quantitative estimate of drug-likeness (QED) is 0.692. The van der Waals surface area contributed by atoms with E-state index in [2.05, 4.69) is 26.1 Å². The van der Waals surface area contributed by atoms with Crippen molar-refractivity contribution in [3.63, 3.8) is 0 Å². The van der Waals surface area contributed by atoms with Gasteiger partial charge >= 0.3 is 0 Å². The topological polar surface area (TPSA) is 69.7 Å². The van der Waals surface area contributed by atoms with Crippen molar-refractivity contribution in [3.05, 3.63) is 38.9 Å². The standard InChI is InChI=1S/C19H26ClN3O3S3/c1-19(2,3)18(14-5-4-12-27-14)21-16(24)13-22-8-10-23(11-9-22)29(25,26)17-7-6-15(20)28-17/h4-7,12,18H,8-11,13H2,1-3H3,(H,21,24). The maximum absolute atomic E-state index is 12.7. The molecular weight excluding hydrogens is 450 g/mol. The Labute approximate surface area is 185 Å². The van der Waals surface area contributed by atoms with E-state index in [4.69, 9.17) is 11.6 Å². The lowest BCUT2D eigenvalue weighted by atomic mass is 9.85. The van der Waals surface area contributed by atoms with Gasteiger partial charge < -0.3 is 5.32 Å². The molecule has 160 valence electrons. The Morgan fingerprint density at radius 3 is 2.41 bits per heavy atom. The van der Waals surface area contributed by atoms with E-state index in [9.17, 15) is 13.2 Å². The third kappa shape index (κ3) is 5.59. The molecule has 6 nitrogen and oxygen atoms in total. The van der Waals surface area contributed by atoms with Crippen molar-refractivity contribution in [3.8, 4) is 0 Å². The molecule has 29 heavy (non-hydrogen) atoms. The molecule has 1 aliphatic heterocycles. The van der Waals surface area contributed by atoms with Crippen molar-refractivity contribution in [1.82, 2.24) is 14.5 Å². The van der Waals surface area contributed by atoms with Gasteiger partial charge in [-0.1, -0.05) is 38.4 Å². The largest absolute Gasteiger partial charge is 0.347 e. The Hall–Kier alpha value is -0.970. The first kappa shape index (κ1) is 22.7. The van der Waals surface area contributed by atoms with Crippen LogP contribution in [-0.2, 0) is 14.8 Å². The minimum atomic E-state index is -3.52. The van der Waals surface area contributed by atoms with E-state index in [-0.39, 0.29) is 28.1 Å². The number of hydrogen-bond acceptors (Lipinski definition) is 6. The normalized spacial score (nSPS) is 17.9. The smallest absolute Gasteiger partial charge is 0.252 e. The van der Waals surface area contributed by atoms with Crippen molar-refractivity contribution >= 4 is 50.2 Å². The molecule has 0 bridgehead atoms. The summed E-state index contributed by atoms with van der Waals surface area (Å²) in [6.07, 6.45) is 0. The van der Waals surface area contributed by atoms with E-state index in [0.29, 0.717) is 30.5 Å². The molecule has 1 amide bonds. The van der Waals surface area contributed by atoms with Crippen LogP contribution < -0.4 is 5.32 Å². The van der Waals surface area contributed by atoms with Crippen molar-refractivity contribution in [2.75, 3.05) is 32.7 Å². The summed E-state index contributed by atoms with van der Waals surface area (Å²) in [5, 5.41) is 5.18. The van der Waals surface area contributed by atoms with E-state index < -0.39 is 10.0 Å². The fourth-order valence-corrected chi connectivity index (χ4v) is 7.35. The average Bonchev–Trinajstić information content (AvgIpc) is 3.31. The molecule has 10 heteroatoms. The van der Waals surface area contributed by atoms with Crippen LogP contribution in [0.2, 0.25) is 4.34 Å². The van der Waals surface area contributed by atoms with Crippen LogP contribution in [-0.4, -0.2) is 56.3 Å². The van der Waals surface area contributed by atoms with Gasteiger partial charge in [0.1, 0.15) is 4.21 Å². The van der Waals surface area contributed by atoms with Crippen LogP contribution in [0.5, 0.6) is 0 Å². The molecule has 1 fully saturated rings. The molecule has 2 aromatic heterocycles. The summed E-state index contributed by atoms with van der Waals surface area (Å²) in [5.41, 5.74) is -0.102. The maximum atomic E-state index is 12.7. The summed E-state index contributed by atoms with van der Waals surface area (Å²) in [6.45, 7) is 8.35. The summed E-state index contributed by atoms with van der Waals surface area (Å²) in [7, 11) is -3.52. The van der Waals surface area contributed by atoms with Crippen LogP contribution in [0.15, 0.2) is 33.9 Å². The molecular formula is C19H26ClN3O3S3. The number of hydrogen-bond donors (Lipinski definition) is 1. The van der Waals surface area contributed by atoms with E-state index in [0.717, 1.165) is 16.2 Å². The predicted octanol–water partition coefficient (Wildman–Crippen LogP) is 3.67. The van der Waals surface area contributed by atoms with Crippen molar-refractivity contribution in [2.24, 2.45) is 5.41 Å². The van der Waals surface area contributed by atoms with Crippen LogP contribution in [0.1, 0.15) is 31.7 Å². The van der Waals surface area contributed by atoms with E-state index >= 15 is 0 Å². The molecule has 0 radical (unpaired) electrons. The fourth-order valence-electron chi connectivity index (χ4n) is 3.27. The van der Waals surface area contributed by atoms with Gasteiger partial charge in [0.2, 0.25) is 5.91 Å². The van der Waals surface area contributed by atoms with Crippen LogP contribution in [0.3, 0.4) is 0 Å². The number of carbonyl (C=O) groups is 1. The molecule has 1 aliphatic rings. The molecule has 1 saturated heterocycles. The van der Waals surface area contributed by atoms with E-state index in [1.165, 1.54) is 4.31 Å². The first-order valence-electron chi connectivity index (χ1n) is 9.38. The minimum absolute atomic E-state index is 0.0420. The first-order chi connectivity index (χ1) is 13.6. The Morgan fingerprint density at radius 1 is 1.21 bits per heavy atom. The average molecular weight is 476 g/mol. The van der Waals surface area contributed by atoms with Gasteiger partial charge in [-0.05, 0) is 29.0 Å². The molecule has 3 heterocycles. The summed E-state index contributed by atoms with van der Waals surface area (Å²) >= 11 is 8.58. The maximum Gasteiger partial charge on any atom is 0.252 e. The minimum Gasteiger partial charge on any atom is -0.347 e. The third-order valence-electron chi connectivity index (χ3n) is 4.84. The molecule has 0 spiro atoms. The van der Waals surface area contributed by atoms with Crippen molar-refractivity contribution in [2.45, 2.75) is 31.0 Å². The number of halogens is 1. The van der Waals surface area contributed by atoms with Crippen LogP contribution in [0.4, 0.5) is 0 Å².